The van der Waals surface area contributed by atoms with Crippen molar-refractivity contribution < 1.29 is 4.79 Å². The zero-order chi connectivity index (χ0) is 14.2. The van der Waals surface area contributed by atoms with Gasteiger partial charge in [0.15, 0.2) is 0 Å². The molecule has 104 valence electrons. The van der Waals surface area contributed by atoms with Gasteiger partial charge in [-0.2, -0.15) is 0 Å². The highest BCUT2D eigenvalue weighted by Crippen LogP contribution is 2.04. The minimum absolute atomic E-state index is 0.125. The molecular weight excluding hydrogens is 252 g/mol. The summed E-state index contributed by atoms with van der Waals surface area (Å²) in [5.41, 5.74) is 7.14. The van der Waals surface area contributed by atoms with Gasteiger partial charge in [0.1, 0.15) is 5.69 Å². The van der Waals surface area contributed by atoms with Crippen molar-refractivity contribution in [2.75, 3.05) is 19.6 Å². The minimum Gasteiger partial charge on any atom is -0.336 e. The van der Waals surface area contributed by atoms with Crippen LogP contribution in [-0.2, 0) is 6.42 Å². The van der Waals surface area contributed by atoms with Gasteiger partial charge in [-0.1, -0.05) is 30.3 Å². The lowest BCUT2D eigenvalue weighted by atomic mass is 10.1. The molecule has 0 fully saturated rings. The number of aromatic nitrogens is 2. The number of nitrogens with two attached hydrogens (primary N) is 1. The molecule has 1 heterocycles. The molecule has 0 saturated carbocycles. The Kier molecular flexibility index (Phi) is 5.20. The average Bonchev–Trinajstić information content (AvgIpc) is 2.52. The van der Waals surface area contributed by atoms with E-state index < -0.39 is 0 Å². The van der Waals surface area contributed by atoms with E-state index in [1.54, 1.807) is 11.1 Å². The highest BCUT2D eigenvalue weighted by molar-refractivity contribution is 5.91. The lowest BCUT2D eigenvalue weighted by molar-refractivity contribution is 0.0755. The van der Waals surface area contributed by atoms with Crippen molar-refractivity contribution in [2.45, 2.75) is 6.42 Å². The Labute approximate surface area is 118 Å². The van der Waals surface area contributed by atoms with Crippen LogP contribution in [0.15, 0.2) is 48.9 Å². The molecule has 0 spiro atoms. The second-order valence-corrected chi connectivity index (χ2v) is 4.41. The van der Waals surface area contributed by atoms with E-state index in [9.17, 15) is 4.79 Å². The minimum atomic E-state index is -0.125. The first-order chi connectivity index (χ1) is 9.81. The van der Waals surface area contributed by atoms with Gasteiger partial charge in [-0.25, -0.2) is 4.98 Å². The second-order valence-electron chi connectivity index (χ2n) is 4.41. The first kappa shape index (κ1) is 14.1. The van der Waals surface area contributed by atoms with Gasteiger partial charge in [-0.05, 0) is 12.0 Å². The number of nitrogens with zero attached hydrogens (tertiary/aromatic N) is 3. The monoisotopic (exact) mass is 270 g/mol. The molecule has 1 amide bonds. The Morgan fingerprint density at radius 1 is 1.15 bits per heavy atom. The Balaban J connectivity index is 2.02. The van der Waals surface area contributed by atoms with Crippen LogP contribution in [0.3, 0.4) is 0 Å². The van der Waals surface area contributed by atoms with E-state index in [-0.39, 0.29) is 5.91 Å². The largest absolute Gasteiger partial charge is 0.336 e. The first-order valence-corrected chi connectivity index (χ1v) is 6.60. The molecule has 0 aliphatic heterocycles. The molecule has 0 saturated heterocycles. The molecule has 2 aromatic rings. The molecule has 0 atom stereocenters. The third-order valence-corrected chi connectivity index (χ3v) is 2.98. The number of carbonyl (C=O) groups is 1. The maximum atomic E-state index is 12.3. The Morgan fingerprint density at radius 2 is 1.95 bits per heavy atom. The van der Waals surface area contributed by atoms with Gasteiger partial charge in [0.05, 0.1) is 6.20 Å². The summed E-state index contributed by atoms with van der Waals surface area (Å²) in [6.07, 6.45) is 5.35. The molecule has 0 aliphatic carbocycles. The smallest absolute Gasteiger partial charge is 0.274 e. The predicted molar refractivity (Wildman–Crippen MR) is 77.1 cm³/mol. The van der Waals surface area contributed by atoms with E-state index in [2.05, 4.69) is 9.97 Å². The number of hydrogen-bond acceptors (Lipinski definition) is 4. The van der Waals surface area contributed by atoms with Crippen LogP contribution in [-0.4, -0.2) is 40.4 Å². The zero-order valence-electron chi connectivity index (χ0n) is 11.3. The van der Waals surface area contributed by atoms with Crippen LogP contribution in [0.25, 0.3) is 0 Å². The highest BCUT2D eigenvalue weighted by Gasteiger charge is 2.16. The summed E-state index contributed by atoms with van der Waals surface area (Å²) in [7, 11) is 0. The Morgan fingerprint density at radius 3 is 2.60 bits per heavy atom. The van der Waals surface area contributed by atoms with Gasteiger partial charge in [-0.3, -0.25) is 9.78 Å². The topological polar surface area (TPSA) is 72.1 Å². The van der Waals surface area contributed by atoms with E-state index in [1.165, 1.54) is 18.0 Å². The SMILES string of the molecule is NCCN(CCc1ccccc1)C(=O)c1cnccn1. The van der Waals surface area contributed by atoms with Gasteiger partial charge in [0.25, 0.3) is 5.91 Å². The number of carbonyl (C=O) groups excluding carboxylic acids is 1. The Bertz CT molecular complexity index is 530. The van der Waals surface area contributed by atoms with Crippen molar-refractivity contribution >= 4 is 5.91 Å². The number of hydrogen-bond donors (Lipinski definition) is 1. The first-order valence-electron chi connectivity index (χ1n) is 6.60. The average molecular weight is 270 g/mol. The van der Waals surface area contributed by atoms with Gasteiger partial charge < -0.3 is 10.6 Å². The fourth-order valence-electron chi connectivity index (χ4n) is 1.95. The van der Waals surface area contributed by atoms with Gasteiger partial charge >= 0.3 is 0 Å². The van der Waals surface area contributed by atoms with E-state index in [0.29, 0.717) is 25.3 Å². The summed E-state index contributed by atoms with van der Waals surface area (Å²) in [6.45, 7) is 1.57. The van der Waals surface area contributed by atoms with Gasteiger partial charge in [0.2, 0.25) is 0 Å². The van der Waals surface area contributed by atoms with Crippen LogP contribution in [0.4, 0.5) is 0 Å². The molecule has 20 heavy (non-hydrogen) atoms. The molecule has 5 heteroatoms. The Hall–Kier alpha value is -2.27. The number of amides is 1. The van der Waals surface area contributed by atoms with Crippen LogP contribution >= 0.6 is 0 Å². The van der Waals surface area contributed by atoms with Crippen molar-refractivity contribution in [3.63, 3.8) is 0 Å². The quantitative estimate of drug-likeness (QED) is 0.853. The molecule has 0 unspecified atom stereocenters. The number of rotatable bonds is 6. The number of benzene rings is 1. The molecule has 0 aliphatic rings. The van der Waals surface area contributed by atoms with Gasteiger partial charge in [-0.15, -0.1) is 0 Å². The third kappa shape index (κ3) is 3.86. The van der Waals surface area contributed by atoms with Crippen LogP contribution in [0.1, 0.15) is 16.1 Å². The summed E-state index contributed by atoms with van der Waals surface area (Å²) in [5.74, 6) is -0.125. The van der Waals surface area contributed by atoms with Crippen molar-refractivity contribution in [2.24, 2.45) is 5.73 Å². The molecule has 2 N–H and O–H groups in total. The fourth-order valence-corrected chi connectivity index (χ4v) is 1.95. The van der Waals surface area contributed by atoms with E-state index in [4.69, 9.17) is 5.73 Å². The summed E-state index contributed by atoms with van der Waals surface area (Å²) in [6, 6.07) is 10.1. The molecular formula is C15H18N4O. The summed E-state index contributed by atoms with van der Waals surface area (Å²) < 4.78 is 0. The molecule has 1 aromatic carbocycles. The van der Waals surface area contributed by atoms with Crippen LogP contribution in [0, 0.1) is 0 Å². The van der Waals surface area contributed by atoms with Crippen molar-refractivity contribution in [1.29, 1.82) is 0 Å². The molecule has 0 bridgehead atoms. The molecule has 2 rings (SSSR count). The zero-order valence-corrected chi connectivity index (χ0v) is 11.3. The maximum Gasteiger partial charge on any atom is 0.274 e. The van der Waals surface area contributed by atoms with E-state index >= 15 is 0 Å². The van der Waals surface area contributed by atoms with Crippen molar-refractivity contribution in [3.05, 3.63) is 60.2 Å². The summed E-state index contributed by atoms with van der Waals surface area (Å²) >= 11 is 0. The maximum absolute atomic E-state index is 12.3. The van der Waals surface area contributed by atoms with Gasteiger partial charge in [0, 0.05) is 32.0 Å². The van der Waals surface area contributed by atoms with Crippen molar-refractivity contribution in [1.82, 2.24) is 14.9 Å². The lowest BCUT2D eigenvalue weighted by Gasteiger charge is -2.21. The van der Waals surface area contributed by atoms with E-state index in [0.717, 1.165) is 6.42 Å². The van der Waals surface area contributed by atoms with Crippen LogP contribution < -0.4 is 5.73 Å². The second kappa shape index (κ2) is 7.35. The fraction of sp³-hybridized carbons (Fsp3) is 0.267. The van der Waals surface area contributed by atoms with E-state index in [1.807, 2.05) is 30.3 Å². The molecule has 1 aromatic heterocycles. The normalized spacial score (nSPS) is 10.2. The van der Waals surface area contributed by atoms with Crippen LogP contribution in [0.2, 0.25) is 0 Å². The standard InChI is InChI=1S/C15H18N4O/c16-7-11-19(10-6-13-4-2-1-3-5-13)15(20)14-12-17-8-9-18-14/h1-5,8-9,12H,6-7,10-11,16H2. The summed E-state index contributed by atoms with van der Waals surface area (Å²) in [4.78, 5) is 22.0. The molecule has 0 radical (unpaired) electrons. The third-order valence-electron chi connectivity index (χ3n) is 2.98. The van der Waals surface area contributed by atoms with Crippen molar-refractivity contribution in [3.8, 4) is 0 Å². The molecule has 5 nitrogen and oxygen atoms in total. The predicted octanol–water partition coefficient (Wildman–Crippen LogP) is 1.12. The lowest BCUT2D eigenvalue weighted by Crippen LogP contribution is -2.37. The van der Waals surface area contributed by atoms with Crippen LogP contribution in [0.5, 0.6) is 0 Å². The highest BCUT2D eigenvalue weighted by atomic mass is 16.2. The summed E-state index contributed by atoms with van der Waals surface area (Å²) in [5, 5.41) is 0.